The number of carbonyl (C=O) groups excluding carboxylic acids is 1. The number of hydrogen-bond donors (Lipinski definition) is 0. The SMILES string of the molecule is CC(c1cccnc1)N(C)C(=O)Cc1ccc(F)c(Cl)c1F. The molecule has 1 aromatic heterocycles. The molecule has 1 unspecified atom stereocenters. The second-order valence-electron chi connectivity index (χ2n) is 4.98. The van der Waals surface area contributed by atoms with Gasteiger partial charge in [-0.05, 0) is 30.2 Å². The molecule has 0 aliphatic carbocycles. The highest BCUT2D eigenvalue weighted by molar-refractivity contribution is 6.31. The van der Waals surface area contributed by atoms with E-state index in [0.717, 1.165) is 11.6 Å². The van der Waals surface area contributed by atoms with Crippen LogP contribution in [0.4, 0.5) is 8.78 Å². The van der Waals surface area contributed by atoms with E-state index in [9.17, 15) is 13.6 Å². The van der Waals surface area contributed by atoms with Gasteiger partial charge in [0.2, 0.25) is 5.91 Å². The maximum atomic E-state index is 13.9. The summed E-state index contributed by atoms with van der Waals surface area (Å²) in [6.45, 7) is 1.85. The molecule has 0 saturated heterocycles. The summed E-state index contributed by atoms with van der Waals surface area (Å²) in [5, 5.41) is -0.590. The molecule has 1 heterocycles. The summed E-state index contributed by atoms with van der Waals surface area (Å²) in [5.74, 6) is -2.03. The maximum Gasteiger partial charge on any atom is 0.227 e. The lowest BCUT2D eigenvalue weighted by molar-refractivity contribution is -0.131. The zero-order valence-corrected chi connectivity index (χ0v) is 12.9. The van der Waals surface area contributed by atoms with Crippen molar-refractivity contribution in [3.05, 3.63) is 64.4 Å². The minimum Gasteiger partial charge on any atom is -0.339 e. The topological polar surface area (TPSA) is 33.2 Å². The minimum absolute atomic E-state index is 0.0710. The Balaban J connectivity index is 2.14. The quantitative estimate of drug-likeness (QED) is 0.802. The van der Waals surface area contributed by atoms with Crippen molar-refractivity contribution in [3.8, 4) is 0 Å². The summed E-state index contributed by atoms with van der Waals surface area (Å²) < 4.78 is 27.0. The normalized spacial score (nSPS) is 12.0. The van der Waals surface area contributed by atoms with Crippen molar-refractivity contribution in [3.63, 3.8) is 0 Å². The molecule has 2 rings (SSSR count). The first-order valence-electron chi connectivity index (χ1n) is 6.69. The summed E-state index contributed by atoms with van der Waals surface area (Å²) in [6, 6.07) is 5.72. The van der Waals surface area contributed by atoms with Gasteiger partial charge in [-0.2, -0.15) is 0 Å². The van der Waals surface area contributed by atoms with Crippen LogP contribution in [0.3, 0.4) is 0 Å². The van der Waals surface area contributed by atoms with Crippen molar-refractivity contribution in [2.45, 2.75) is 19.4 Å². The molecule has 22 heavy (non-hydrogen) atoms. The van der Waals surface area contributed by atoms with Crippen LogP contribution in [0.25, 0.3) is 0 Å². The third-order valence-corrected chi connectivity index (χ3v) is 3.94. The lowest BCUT2D eigenvalue weighted by Gasteiger charge is -2.25. The fourth-order valence-electron chi connectivity index (χ4n) is 2.05. The highest BCUT2D eigenvalue weighted by Gasteiger charge is 2.20. The average Bonchev–Trinajstić information content (AvgIpc) is 2.54. The monoisotopic (exact) mass is 324 g/mol. The van der Waals surface area contributed by atoms with E-state index in [1.165, 1.54) is 11.0 Å². The smallest absolute Gasteiger partial charge is 0.227 e. The summed E-state index contributed by atoms with van der Waals surface area (Å²) >= 11 is 5.52. The number of pyridine rings is 1. The maximum absolute atomic E-state index is 13.9. The fourth-order valence-corrected chi connectivity index (χ4v) is 2.24. The van der Waals surface area contributed by atoms with E-state index in [0.29, 0.717) is 0 Å². The fraction of sp³-hybridized carbons (Fsp3) is 0.250. The molecule has 0 fully saturated rings. The van der Waals surface area contributed by atoms with Crippen LogP contribution >= 0.6 is 11.6 Å². The highest BCUT2D eigenvalue weighted by atomic mass is 35.5. The van der Waals surface area contributed by atoms with Crippen LogP contribution in [0.15, 0.2) is 36.7 Å². The first-order valence-corrected chi connectivity index (χ1v) is 7.07. The molecule has 0 aliphatic rings. The average molecular weight is 325 g/mol. The van der Waals surface area contributed by atoms with Gasteiger partial charge in [-0.25, -0.2) is 8.78 Å². The van der Waals surface area contributed by atoms with Crippen LogP contribution in [0.1, 0.15) is 24.1 Å². The van der Waals surface area contributed by atoms with Gasteiger partial charge in [-0.3, -0.25) is 9.78 Å². The van der Waals surface area contributed by atoms with Crippen molar-refractivity contribution in [2.75, 3.05) is 7.05 Å². The number of benzene rings is 1. The molecule has 116 valence electrons. The molecule has 1 atom stereocenters. The summed E-state index contributed by atoms with van der Waals surface area (Å²) in [7, 11) is 1.63. The van der Waals surface area contributed by atoms with Crippen molar-refractivity contribution < 1.29 is 13.6 Å². The predicted octanol–water partition coefficient (Wildman–Crippen LogP) is 3.78. The molecule has 2 aromatic rings. The molecule has 0 spiro atoms. The molecule has 6 heteroatoms. The zero-order valence-electron chi connectivity index (χ0n) is 12.2. The third-order valence-electron chi connectivity index (χ3n) is 3.60. The van der Waals surface area contributed by atoms with E-state index in [1.54, 1.807) is 25.5 Å². The number of hydrogen-bond acceptors (Lipinski definition) is 2. The Kier molecular flexibility index (Phi) is 5.08. The van der Waals surface area contributed by atoms with E-state index in [2.05, 4.69) is 4.98 Å². The van der Waals surface area contributed by atoms with Crippen molar-refractivity contribution in [2.24, 2.45) is 0 Å². The number of nitrogens with zero attached hydrogens (tertiary/aromatic N) is 2. The lowest BCUT2D eigenvalue weighted by atomic mass is 10.1. The van der Waals surface area contributed by atoms with Gasteiger partial charge in [0.25, 0.3) is 0 Å². The number of aromatic nitrogens is 1. The number of likely N-dealkylation sites (N-methyl/N-ethyl adjacent to an activating group) is 1. The van der Waals surface area contributed by atoms with Gasteiger partial charge in [0.05, 0.1) is 12.5 Å². The third kappa shape index (κ3) is 3.42. The molecule has 0 radical (unpaired) electrons. The van der Waals surface area contributed by atoms with Gasteiger partial charge in [-0.15, -0.1) is 0 Å². The van der Waals surface area contributed by atoms with Crippen LogP contribution in [0.5, 0.6) is 0 Å². The van der Waals surface area contributed by atoms with Crippen LogP contribution in [0, 0.1) is 11.6 Å². The summed E-state index contributed by atoms with van der Waals surface area (Å²) in [6.07, 6.45) is 3.13. The van der Waals surface area contributed by atoms with Crippen LogP contribution in [-0.2, 0) is 11.2 Å². The summed E-state index contributed by atoms with van der Waals surface area (Å²) in [5.41, 5.74) is 0.942. The van der Waals surface area contributed by atoms with Gasteiger partial charge >= 0.3 is 0 Å². The predicted molar refractivity (Wildman–Crippen MR) is 80.5 cm³/mol. The van der Waals surface area contributed by atoms with E-state index >= 15 is 0 Å². The Labute approximate surface area is 132 Å². The van der Waals surface area contributed by atoms with Gasteiger partial charge in [0.1, 0.15) is 16.7 Å². The molecule has 0 N–H and O–H groups in total. The first kappa shape index (κ1) is 16.4. The Hall–Kier alpha value is -2.01. The molecule has 0 aliphatic heterocycles. The Morgan fingerprint density at radius 1 is 1.36 bits per heavy atom. The van der Waals surface area contributed by atoms with Crippen LogP contribution in [0.2, 0.25) is 5.02 Å². The Bertz CT molecular complexity index is 679. The first-order chi connectivity index (χ1) is 10.4. The van der Waals surface area contributed by atoms with Gasteiger partial charge in [0.15, 0.2) is 0 Å². The van der Waals surface area contributed by atoms with E-state index in [-0.39, 0.29) is 23.9 Å². The number of rotatable bonds is 4. The molecule has 1 aromatic carbocycles. The van der Waals surface area contributed by atoms with E-state index in [4.69, 9.17) is 11.6 Å². The van der Waals surface area contributed by atoms with E-state index < -0.39 is 16.7 Å². The number of carbonyl (C=O) groups is 1. The Morgan fingerprint density at radius 2 is 2.09 bits per heavy atom. The molecule has 1 amide bonds. The molecule has 3 nitrogen and oxygen atoms in total. The standard InChI is InChI=1S/C16H15ClF2N2O/c1-10(12-4-3-7-20-9-12)21(2)14(22)8-11-5-6-13(18)15(17)16(11)19/h3-7,9-10H,8H2,1-2H3. The Morgan fingerprint density at radius 3 is 2.73 bits per heavy atom. The van der Waals surface area contributed by atoms with Crippen molar-refractivity contribution in [1.29, 1.82) is 0 Å². The zero-order chi connectivity index (χ0) is 16.3. The van der Waals surface area contributed by atoms with E-state index in [1.807, 2.05) is 13.0 Å². The molecule has 0 bridgehead atoms. The summed E-state index contributed by atoms with van der Waals surface area (Å²) in [4.78, 5) is 17.8. The lowest BCUT2D eigenvalue weighted by Crippen LogP contribution is -2.31. The molecular weight excluding hydrogens is 310 g/mol. The molecule has 0 saturated carbocycles. The minimum atomic E-state index is -0.891. The van der Waals surface area contributed by atoms with Gasteiger partial charge in [-0.1, -0.05) is 23.7 Å². The van der Waals surface area contributed by atoms with Crippen molar-refractivity contribution >= 4 is 17.5 Å². The molecular formula is C16H15ClF2N2O. The van der Waals surface area contributed by atoms with Crippen molar-refractivity contribution in [1.82, 2.24) is 9.88 Å². The largest absolute Gasteiger partial charge is 0.339 e. The van der Waals surface area contributed by atoms with Crippen LogP contribution in [-0.4, -0.2) is 22.8 Å². The second-order valence-corrected chi connectivity index (χ2v) is 5.36. The van der Waals surface area contributed by atoms with Gasteiger partial charge in [0, 0.05) is 19.4 Å². The number of amides is 1. The van der Waals surface area contributed by atoms with Crippen LogP contribution < -0.4 is 0 Å². The number of halogens is 3. The highest BCUT2D eigenvalue weighted by Crippen LogP contribution is 2.24. The van der Waals surface area contributed by atoms with Gasteiger partial charge < -0.3 is 4.90 Å². The second kappa shape index (κ2) is 6.83.